The number of piperidine rings is 1. The number of benzene rings is 1. The predicted octanol–water partition coefficient (Wildman–Crippen LogP) is 3.82. The highest BCUT2D eigenvalue weighted by Gasteiger charge is 2.38. The highest BCUT2D eigenvalue weighted by atomic mass is 35.5. The van der Waals surface area contributed by atoms with Gasteiger partial charge in [0.15, 0.2) is 0 Å². The molecule has 1 spiro atoms. The number of amides is 1. The zero-order chi connectivity index (χ0) is 18.0. The molecule has 0 saturated carbocycles. The molecule has 1 N–H and O–H groups in total. The number of methoxy groups -OCH3 is 1. The smallest absolute Gasteiger partial charge is 0.255 e. The maximum atomic E-state index is 12.9. The number of aromatic nitrogens is 1. The number of hydrogen-bond donors (Lipinski definition) is 1. The number of nitrogens with one attached hydrogen (secondary N) is 1. The highest BCUT2D eigenvalue weighted by molar-refractivity contribution is 5.95. The summed E-state index contributed by atoms with van der Waals surface area (Å²) in [6, 6.07) is 9.76. The predicted molar refractivity (Wildman–Crippen MR) is 116 cm³/mol. The Morgan fingerprint density at radius 3 is 2.39 bits per heavy atom. The van der Waals surface area contributed by atoms with Crippen molar-refractivity contribution in [3.8, 4) is 16.9 Å². The fraction of sp³-hybridized carbons (Fsp3) is 0.429. The first kappa shape index (κ1) is 22.5. The lowest BCUT2D eigenvalue weighted by Gasteiger charge is -2.38. The molecule has 5 nitrogen and oxygen atoms in total. The van der Waals surface area contributed by atoms with E-state index in [1.807, 2.05) is 35.2 Å². The highest BCUT2D eigenvalue weighted by Crippen LogP contribution is 2.37. The maximum absolute atomic E-state index is 12.9. The third kappa shape index (κ3) is 4.59. The van der Waals surface area contributed by atoms with Crippen molar-refractivity contribution in [3.63, 3.8) is 0 Å². The molecule has 2 aliphatic heterocycles. The number of pyridine rings is 1. The normalized spacial score (nSPS) is 17.5. The second-order valence-electron chi connectivity index (χ2n) is 7.41. The van der Waals surface area contributed by atoms with Crippen LogP contribution < -0.4 is 10.1 Å². The monoisotopic (exact) mass is 423 g/mol. The summed E-state index contributed by atoms with van der Waals surface area (Å²) in [7, 11) is 1.65. The summed E-state index contributed by atoms with van der Waals surface area (Å²) in [4.78, 5) is 19.2. The molecular formula is C21H27Cl2N3O2. The average molecular weight is 424 g/mol. The third-order valence-electron chi connectivity index (χ3n) is 5.85. The Kier molecular flexibility index (Phi) is 7.70. The van der Waals surface area contributed by atoms with E-state index >= 15 is 0 Å². The lowest BCUT2D eigenvalue weighted by atomic mass is 9.78. The van der Waals surface area contributed by atoms with E-state index < -0.39 is 0 Å². The largest absolute Gasteiger partial charge is 0.497 e. The Hall–Kier alpha value is -1.82. The number of hydrogen-bond acceptors (Lipinski definition) is 4. The number of ether oxygens (including phenoxy) is 1. The van der Waals surface area contributed by atoms with Crippen molar-refractivity contribution < 1.29 is 9.53 Å². The number of nitrogens with zero attached hydrogens (tertiary/aromatic N) is 2. The van der Waals surface area contributed by atoms with E-state index in [0.717, 1.165) is 55.9 Å². The van der Waals surface area contributed by atoms with E-state index in [2.05, 4.69) is 10.3 Å². The van der Waals surface area contributed by atoms with Crippen LogP contribution in [0.4, 0.5) is 0 Å². The van der Waals surface area contributed by atoms with Crippen molar-refractivity contribution in [2.75, 3.05) is 33.3 Å². The molecule has 0 bridgehead atoms. The lowest BCUT2D eigenvalue weighted by Crippen LogP contribution is -2.44. The van der Waals surface area contributed by atoms with Gasteiger partial charge >= 0.3 is 0 Å². The first-order valence-corrected chi connectivity index (χ1v) is 9.29. The zero-order valence-corrected chi connectivity index (χ0v) is 17.7. The molecule has 2 saturated heterocycles. The summed E-state index contributed by atoms with van der Waals surface area (Å²) in [6.07, 6.45) is 6.91. The molecule has 152 valence electrons. The van der Waals surface area contributed by atoms with Gasteiger partial charge in [0.25, 0.3) is 5.91 Å². The van der Waals surface area contributed by atoms with Crippen LogP contribution in [0.15, 0.2) is 42.7 Å². The second-order valence-corrected chi connectivity index (χ2v) is 7.41. The molecule has 1 aromatic carbocycles. The molecule has 0 aliphatic carbocycles. The molecule has 0 atom stereocenters. The van der Waals surface area contributed by atoms with Gasteiger partial charge in [-0.3, -0.25) is 9.78 Å². The topological polar surface area (TPSA) is 54.5 Å². The van der Waals surface area contributed by atoms with Crippen LogP contribution in [-0.4, -0.2) is 49.1 Å². The van der Waals surface area contributed by atoms with E-state index in [-0.39, 0.29) is 30.7 Å². The number of halogens is 2. The van der Waals surface area contributed by atoms with E-state index in [4.69, 9.17) is 4.74 Å². The molecule has 0 radical (unpaired) electrons. The van der Waals surface area contributed by atoms with Gasteiger partial charge in [0.1, 0.15) is 5.75 Å². The Morgan fingerprint density at radius 1 is 1.07 bits per heavy atom. The van der Waals surface area contributed by atoms with Gasteiger partial charge in [0.05, 0.1) is 12.7 Å². The molecule has 4 rings (SSSR count). The SMILES string of the molecule is COc1ccc(-c2cncc(C(=O)N3CCC4(CCNC4)CC3)c2)cc1.Cl.Cl. The fourth-order valence-electron chi connectivity index (χ4n) is 4.09. The van der Waals surface area contributed by atoms with Crippen LogP contribution in [0.25, 0.3) is 11.1 Å². The minimum Gasteiger partial charge on any atom is -0.497 e. The van der Waals surface area contributed by atoms with Crippen LogP contribution in [0.1, 0.15) is 29.6 Å². The Morgan fingerprint density at radius 2 is 1.79 bits per heavy atom. The average Bonchev–Trinajstić information content (AvgIpc) is 3.16. The molecule has 2 fully saturated rings. The van der Waals surface area contributed by atoms with Gasteiger partial charge in [-0.2, -0.15) is 0 Å². The van der Waals surface area contributed by atoms with Crippen molar-refractivity contribution in [2.45, 2.75) is 19.3 Å². The fourth-order valence-corrected chi connectivity index (χ4v) is 4.09. The van der Waals surface area contributed by atoms with Crippen LogP contribution in [0.3, 0.4) is 0 Å². The summed E-state index contributed by atoms with van der Waals surface area (Å²) in [5, 5.41) is 3.47. The van der Waals surface area contributed by atoms with Crippen LogP contribution in [0.5, 0.6) is 5.75 Å². The first-order valence-electron chi connectivity index (χ1n) is 9.29. The van der Waals surface area contributed by atoms with Crippen LogP contribution >= 0.6 is 24.8 Å². The molecule has 28 heavy (non-hydrogen) atoms. The minimum absolute atomic E-state index is 0. The molecule has 2 aliphatic rings. The van der Waals surface area contributed by atoms with Crippen molar-refractivity contribution in [1.29, 1.82) is 0 Å². The molecule has 7 heteroatoms. The van der Waals surface area contributed by atoms with Gasteiger partial charge in [0, 0.05) is 37.6 Å². The number of carbonyl (C=O) groups is 1. The standard InChI is InChI=1S/C21H25N3O2.2ClH/c1-26-19-4-2-16(3-5-19)17-12-18(14-23-13-17)20(25)24-10-7-21(8-11-24)6-9-22-15-21;;/h2-5,12-14,22H,6-11,15H2,1H3;2*1H. The molecule has 1 amide bonds. The first-order chi connectivity index (χ1) is 12.7. The van der Waals surface area contributed by atoms with Crippen molar-refractivity contribution >= 4 is 30.7 Å². The summed E-state index contributed by atoms with van der Waals surface area (Å²) in [6.45, 7) is 3.89. The maximum Gasteiger partial charge on any atom is 0.255 e. The Balaban J connectivity index is 0.00000140. The Bertz CT molecular complexity index is 782. The van der Waals surface area contributed by atoms with Crippen LogP contribution in [0.2, 0.25) is 0 Å². The summed E-state index contributed by atoms with van der Waals surface area (Å²) < 4.78 is 5.21. The summed E-state index contributed by atoms with van der Waals surface area (Å²) in [5.41, 5.74) is 3.06. The van der Waals surface area contributed by atoms with Gasteiger partial charge in [-0.25, -0.2) is 0 Å². The lowest BCUT2D eigenvalue weighted by molar-refractivity contribution is 0.0607. The Labute approximate surface area is 178 Å². The quantitative estimate of drug-likeness (QED) is 0.814. The molecule has 1 aromatic heterocycles. The van der Waals surface area contributed by atoms with E-state index in [0.29, 0.717) is 11.0 Å². The second kappa shape index (κ2) is 9.59. The van der Waals surface area contributed by atoms with Gasteiger partial charge in [-0.05, 0) is 55.0 Å². The van der Waals surface area contributed by atoms with Gasteiger partial charge in [-0.15, -0.1) is 24.8 Å². The van der Waals surface area contributed by atoms with Crippen LogP contribution in [-0.2, 0) is 0 Å². The third-order valence-corrected chi connectivity index (χ3v) is 5.85. The summed E-state index contributed by atoms with van der Waals surface area (Å²) in [5.74, 6) is 0.909. The van der Waals surface area contributed by atoms with Crippen molar-refractivity contribution in [1.82, 2.24) is 15.2 Å². The van der Waals surface area contributed by atoms with Crippen molar-refractivity contribution in [3.05, 3.63) is 48.3 Å². The number of carbonyl (C=O) groups excluding carboxylic acids is 1. The molecule has 3 heterocycles. The van der Waals surface area contributed by atoms with Crippen LogP contribution in [0, 0.1) is 5.41 Å². The van der Waals surface area contributed by atoms with E-state index in [1.54, 1.807) is 19.5 Å². The van der Waals surface area contributed by atoms with E-state index in [9.17, 15) is 4.79 Å². The van der Waals surface area contributed by atoms with Gasteiger partial charge < -0.3 is 15.0 Å². The van der Waals surface area contributed by atoms with E-state index in [1.165, 1.54) is 6.42 Å². The number of likely N-dealkylation sites (tertiary alicyclic amines) is 1. The number of rotatable bonds is 3. The van der Waals surface area contributed by atoms with Crippen molar-refractivity contribution in [2.24, 2.45) is 5.41 Å². The molecular weight excluding hydrogens is 397 g/mol. The van der Waals surface area contributed by atoms with Gasteiger partial charge in [0.2, 0.25) is 0 Å². The minimum atomic E-state index is 0. The zero-order valence-electron chi connectivity index (χ0n) is 16.0. The summed E-state index contributed by atoms with van der Waals surface area (Å²) >= 11 is 0. The molecule has 2 aromatic rings. The van der Waals surface area contributed by atoms with Gasteiger partial charge in [-0.1, -0.05) is 12.1 Å². The molecule has 0 unspecified atom stereocenters.